The van der Waals surface area contributed by atoms with Crippen LogP contribution in [0.2, 0.25) is 0 Å². The van der Waals surface area contributed by atoms with Gasteiger partial charge in [0.25, 0.3) is 0 Å². The van der Waals surface area contributed by atoms with Crippen LogP contribution >= 0.6 is 0 Å². The van der Waals surface area contributed by atoms with Crippen molar-refractivity contribution in [3.8, 4) is 0 Å². The van der Waals surface area contributed by atoms with Gasteiger partial charge in [0.15, 0.2) is 0 Å². The predicted octanol–water partition coefficient (Wildman–Crippen LogP) is 17.5. The lowest BCUT2D eigenvalue weighted by Gasteiger charge is -2.22. The van der Waals surface area contributed by atoms with E-state index in [2.05, 4.69) is 43.5 Å². The number of esters is 1. The molecular weight excluding hydrogens is 791 g/mol. The molecule has 0 bridgehead atoms. The smallest absolute Gasteiger partial charge is 0.305 e. The number of hydrogen-bond acceptors (Lipinski definition) is 5. The lowest BCUT2D eigenvalue weighted by Crippen LogP contribution is -2.45. The maximum absolute atomic E-state index is 12.5. The largest absolute Gasteiger partial charge is 0.466 e. The van der Waals surface area contributed by atoms with E-state index < -0.39 is 12.1 Å². The maximum atomic E-state index is 12.5. The molecule has 2 unspecified atom stereocenters. The Morgan fingerprint density at radius 1 is 0.422 bits per heavy atom. The minimum atomic E-state index is -0.697. The molecule has 2 atom stereocenters. The Morgan fingerprint density at radius 2 is 0.750 bits per heavy atom. The Hall–Kier alpha value is -1.66. The van der Waals surface area contributed by atoms with E-state index in [0.29, 0.717) is 25.9 Å². The van der Waals surface area contributed by atoms with Crippen LogP contribution < -0.4 is 5.32 Å². The topological polar surface area (TPSA) is 95.9 Å². The average molecular weight is 903 g/mol. The molecule has 1 amide bonds. The van der Waals surface area contributed by atoms with E-state index in [9.17, 15) is 19.8 Å². The molecule has 6 heteroatoms. The third-order valence-electron chi connectivity index (χ3n) is 13.2. The quantitative estimate of drug-likeness (QED) is 0.0321. The monoisotopic (exact) mass is 902 g/mol. The molecule has 0 fully saturated rings. The molecule has 0 aliphatic carbocycles. The lowest BCUT2D eigenvalue weighted by atomic mass is 10.0. The zero-order valence-electron chi connectivity index (χ0n) is 43.0. The first-order chi connectivity index (χ1) is 31.5. The van der Waals surface area contributed by atoms with Crippen molar-refractivity contribution in [2.75, 3.05) is 13.2 Å². The first kappa shape index (κ1) is 62.3. The molecule has 0 saturated heterocycles. The van der Waals surface area contributed by atoms with Gasteiger partial charge in [0.05, 0.1) is 25.4 Å². The van der Waals surface area contributed by atoms with Gasteiger partial charge in [-0.25, -0.2) is 0 Å². The minimum absolute atomic E-state index is 0.0440. The van der Waals surface area contributed by atoms with Crippen LogP contribution in [0.4, 0.5) is 0 Å². The van der Waals surface area contributed by atoms with Gasteiger partial charge < -0.3 is 20.3 Å². The van der Waals surface area contributed by atoms with Gasteiger partial charge in [-0.15, -0.1) is 0 Å². The normalized spacial score (nSPS) is 12.8. The molecule has 6 nitrogen and oxygen atoms in total. The van der Waals surface area contributed by atoms with E-state index in [0.717, 1.165) is 70.6 Å². The molecule has 0 heterocycles. The van der Waals surface area contributed by atoms with Crippen molar-refractivity contribution in [3.05, 3.63) is 24.3 Å². The van der Waals surface area contributed by atoms with Crippen LogP contribution in [0.15, 0.2) is 24.3 Å². The van der Waals surface area contributed by atoms with Crippen molar-refractivity contribution in [2.24, 2.45) is 0 Å². The summed E-state index contributed by atoms with van der Waals surface area (Å²) in [5, 5.41) is 23.3. The van der Waals surface area contributed by atoms with E-state index in [4.69, 9.17) is 4.74 Å². The summed E-state index contributed by atoms with van der Waals surface area (Å²) in [6.07, 6.45) is 64.7. The number of aliphatic hydroxyl groups is 2. The number of aliphatic hydroxyl groups excluding tert-OH is 2. The van der Waals surface area contributed by atoms with E-state index in [1.165, 1.54) is 205 Å². The number of hydrogen-bond donors (Lipinski definition) is 3. The van der Waals surface area contributed by atoms with Crippen molar-refractivity contribution < 1.29 is 24.5 Å². The second kappa shape index (κ2) is 54.0. The number of ether oxygens (including phenoxy) is 1. The first-order valence-electron chi connectivity index (χ1n) is 28.6. The summed E-state index contributed by atoms with van der Waals surface area (Å²) in [5.41, 5.74) is 0. The molecule has 3 N–H and O–H groups in total. The Kier molecular flexibility index (Phi) is 52.6. The second-order valence-corrected chi connectivity index (χ2v) is 19.6. The first-order valence-corrected chi connectivity index (χ1v) is 28.6. The van der Waals surface area contributed by atoms with Gasteiger partial charge in [0.1, 0.15) is 0 Å². The molecular formula is C58H111NO5. The fraction of sp³-hybridized carbons (Fsp3) is 0.897. The third kappa shape index (κ3) is 49.8. The van der Waals surface area contributed by atoms with Gasteiger partial charge in [-0.05, 0) is 70.6 Å². The highest BCUT2D eigenvalue weighted by Crippen LogP contribution is 2.17. The van der Waals surface area contributed by atoms with Crippen LogP contribution in [-0.2, 0) is 14.3 Å². The molecule has 0 saturated carbocycles. The number of unbranched alkanes of at least 4 members (excludes halogenated alkanes) is 38. The molecule has 0 aliphatic heterocycles. The van der Waals surface area contributed by atoms with Gasteiger partial charge in [0, 0.05) is 12.8 Å². The molecule has 0 radical (unpaired) electrons. The van der Waals surface area contributed by atoms with E-state index in [-0.39, 0.29) is 18.5 Å². The van der Waals surface area contributed by atoms with Crippen molar-refractivity contribution in [1.29, 1.82) is 0 Å². The molecule has 0 aromatic heterocycles. The van der Waals surface area contributed by atoms with Crippen molar-refractivity contribution >= 4 is 11.9 Å². The standard InChI is InChI=1S/C58H111NO5/c1-3-5-7-9-11-13-15-17-18-19-20-21-22-23-24-25-26-27-28-30-31-34-38-42-46-50-56(61)55(54-60)59-57(62)51-47-43-39-35-33-37-41-45-49-53-64-58(63)52-48-44-40-36-32-29-16-14-12-10-8-6-4-2/h14,16,35,39,55-56,60-61H,3-13,15,17-34,36-38,40-54H2,1-2H3,(H,59,62)/b16-14-,39-35-. The number of carbonyl (C=O) groups excluding carboxylic acids is 2. The molecule has 378 valence electrons. The Morgan fingerprint density at radius 3 is 1.16 bits per heavy atom. The van der Waals surface area contributed by atoms with Crippen LogP contribution in [0.25, 0.3) is 0 Å². The summed E-state index contributed by atoms with van der Waals surface area (Å²) >= 11 is 0. The van der Waals surface area contributed by atoms with Crippen molar-refractivity contribution in [2.45, 2.75) is 321 Å². The zero-order valence-corrected chi connectivity index (χ0v) is 43.0. The summed E-state index contributed by atoms with van der Waals surface area (Å²) < 4.78 is 5.43. The van der Waals surface area contributed by atoms with Crippen molar-refractivity contribution in [3.63, 3.8) is 0 Å². The summed E-state index contributed by atoms with van der Waals surface area (Å²) in [4.78, 5) is 24.5. The maximum Gasteiger partial charge on any atom is 0.305 e. The van der Waals surface area contributed by atoms with E-state index >= 15 is 0 Å². The molecule has 0 aromatic rings. The van der Waals surface area contributed by atoms with Crippen LogP contribution in [0.5, 0.6) is 0 Å². The van der Waals surface area contributed by atoms with Crippen LogP contribution in [-0.4, -0.2) is 47.4 Å². The number of nitrogens with one attached hydrogen (secondary N) is 1. The number of rotatable bonds is 53. The van der Waals surface area contributed by atoms with Gasteiger partial charge >= 0.3 is 5.97 Å². The lowest BCUT2D eigenvalue weighted by molar-refractivity contribution is -0.143. The summed E-state index contributed by atoms with van der Waals surface area (Å²) in [6, 6.07) is -0.580. The summed E-state index contributed by atoms with van der Waals surface area (Å²) in [6.45, 7) is 4.86. The highest BCUT2D eigenvalue weighted by molar-refractivity contribution is 5.76. The number of carbonyl (C=O) groups is 2. The SMILES string of the molecule is CCCCCC/C=C\CCCCCCCC(=O)OCCCCCC/C=C\CCCC(=O)NC(CO)C(O)CCCCCCCCCCCCCCCCCCCCCCCCCCC. The Balaban J connectivity index is 3.51. The summed E-state index contributed by atoms with van der Waals surface area (Å²) in [5.74, 6) is -0.137. The predicted molar refractivity (Wildman–Crippen MR) is 278 cm³/mol. The van der Waals surface area contributed by atoms with Gasteiger partial charge in [-0.2, -0.15) is 0 Å². The Bertz CT molecular complexity index is 997. The van der Waals surface area contributed by atoms with Crippen LogP contribution in [0.1, 0.15) is 309 Å². The van der Waals surface area contributed by atoms with E-state index in [1.807, 2.05) is 0 Å². The summed E-state index contributed by atoms with van der Waals surface area (Å²) in [7, 11) is 0. The van der Waals surface area contributed by atoms with E-state index in [1.54, 1.807) is 0 Å². The highest BCUT2D eigenvalue weighted by Gasteiger charge is 2.20. The molecule has 0 aromatic carbocycles. The minimum Gasteiger partial charge on any atom is -0.466 e. The molecule has 64 heavy (non-hydrogen) atoms. The van der Waals surface area contributed by atoms with Crippen LogP contribution in [0, 0.1) is 0 Å². The van der Waals surface area contributed by atoms with Gasteiger partial charge in [-0.1, -0.05) is 250 Å². The van der Waals surface area contributed by atoms with Crippen LogP contribution in [0.3, 0.4) is 0 Å². The molecule has 0 aliphatic rings. The second-order valence-electron chi connectivity index (χ2n) is 19.6. The molecule has 0 rings (SSSR count). The highest BCUT2D eigenvalue weighted by atomic mass is 16.5. The fourth-order valence-corrected chi connectivity index (χ4v) is 8.81. The fourth-order valence-electron chi connectivity index (χ4n) is 8.81. The zero-order chi connectivity index (χ0) is 46.5. The van der Waals surface area contributed by atoms with Gasteiger partial charge in [0.2, 0.25) is 5.91 Å². The average Bonchev–Trinajstić information content (AvgIpc) is 3.29. The van der Waals surface area contributed by atoms with Crippen molar-refractivity contribution in [1.82, 2.24) is 5.32 Å². The van der Waals surface area contributed by atoms with Gasteiger partial charge in [-0.3, -0.25) is 9.59 Å². The Labute approximate surface area is 399 Å². The molecule has 0 spiro atoms. The number of allylic oxidation sites excluding steroid dienone is 4. The number of amides is 1. The third-order valence-corrected chi connectivity index (χ3v) is 13.2.